The molecule has 1 aromatic heterocycles. The summed E-state index contributed by atoms with van der Waals surface area (Å²) in [6, 6.07) is 17.4. The topological polar surface area (TPSA) is 67.8 Å². The number of methoxy groups -OCH3 is 2. The zero-order valence-corrected chi connectivity index (χ0v) is 18.0. The summed E-state index contributed by atoms with van der Waals surface area (Å²) in [5.74, 6) is 2.80. The van der Waals surface area contributed by atoms with Crippen molar-refractivity contribution in [2.24, 2.45) is 0 Å². The molecular weight excluding hydrogens is 392 g/mol. The van der Waals surface area contributed by atoms with Crippen molar-refractivity contribution >= 4 is 11.7 Å². The van der Waals surface area contributed by atoms with Gasteiger partial charge in [-0.25, -0.2) is 9.97 Å². The maximum atomic E-state index is 13.0. The van der Waals surface area contributed by atoms with E-state index >= 15 is 0 Å². The van der Waals surface area contributed by atoms with Crippen molar-refractivity contribution in [2.45, 2.75) is 6.92 Å². The van der Waals surface area contributed by atoms with Crippen molar-refractivity contribution in [3.05, 3.63) is 66.0 Å². The number of aromatic nitrogens is 2. The molecule has 1 fully saturated rings. The molecule has 0 spiro atoms. The van der Waals surface area contributed by atoms with Gasteiger partial charge < -0.3 is 19.3 Å². The van der Waals surface area contributed by atoms with Crippen LogP contribution in [0, 0.1) is 6.92 Å². The van der Waals surface area contributed by atoms with Crippen LogP contribution < -0.4 is 14.4 Å². The monoisotopic (exact) mass is 418 g/mol. The van der Waals surface area contributed by atoms with Crippen LogP contribution in [0.2, 0.25) is 0 Å². The lowest BCUT2D eigenvalue weighted by atomic mass is 10.1. The quantitative estimate of drug-likeness (QED) is 0.632. The lowest BCUT2D eigenvalue weighted by molar-refractivity contribution is 0.0745. The number of benzene rings is 2. The summed E-state index contributed by atoms with van der Waals surface area (Å²) in [4.78, 5) is 26.3. The van der Waals surface area contributed by atoms with Crippen molar-refractivity contribution in [2.75, 3.05) is 45.3 Å². The molecule has 1 aliphatic rings. The SMILES string of the molecule is COc1cc(OC)cc(C(=O)N2CCN(c3cc(-c4ccccc4)nc(C)n3)CC2)c1. The number of rotatable bonds is 5. The molecule has 7 nitrogen and oxygen atoms in total. The Balaban J connectivity index is 1.48. The van der Waals surface area contributed by atoms with Gasteiger partial charge in [0.1, 0.15) is 23.1 Å². The summed E-state index contributed by atoms with van der Waals surface area (Å²) in [6.45, 7) is 4.55. The number of amides is 1. The van der Waals surface area contributed by atoms with Crippen LogP contribution in [0.15, 0.2) is 54.6 Å². The van der Waals surface area contributed by atoms with Gasteiger partial charge in [0, 0.05) is 49.4 Å². The van der Waals surface area contributed by atoms with E-state index in [0.29, 0.717) is 43.2 Å². The zero-order chi connectivity index (χ0) is 21.8. The Morgan fingerprint density at radius 2 is 1.52 bits per heavy atom. The Morgan fingerprint density at radius 1 is 0.871 bits per heavy atom. The molecule has 3 aromatic rings. The van der Waals surface area contributed by atoms with Gasteiger partial charge in [-0.1, -0.05) is 30.3 Å². The van der Waals surface area contributed by atoms with E-state index < -0.39 is 0 Å². The van der Waals surface area contributed by atoms with E-state index in [0.717, 1.165) is 22.9 Å². The van der Waals surface area contributed by atoms with Crippen LogP contribution in [0.1, 0.15) is 16.2 Å². The van der Waals surface area contributed by atoms with E-state index in [1.54, 1.807) is 32.4 Å². The van der Waals surface area contributed by atoms with E-state index in [-0.39, 0.29) is 5.91 Å². The number of piperazine rings is 1. The molecule has 0 aliphatic carbocycles. The highest BCUT2D eigenvalue weighted by molar-refractivity contribution is 5.95. The molecule has 0 saturated carbocycles. The molecule has 0 unspecified atom stereocenters. The van der Waals surface area contributed by atoms with Gasteiger partial charge in [-0.05, 0) is 19.1 Å². The van der Waals surface area contributed by atoms with Crippen LogP contribution in [-0.2, 0) is 0 Å². The third-order valence-corrected chi connectivity index (χ3v) is 5.38. The maximum absolute atomic E-state index is 13.0. The largest absolute Gasteiger partial charge is 0.497 e. The molecule has 0 radical (unpaired) electrons. The molecule has 31 heavy (non-hydrogen) atoms. The van der Waals surface area contributed by atoms with Crippen molar-refractivity contribution in [1.82, 2.24) is 14.9 Å². The molecule has 7 heteroatoms. The zero-order valence-electron chi connectivity index (χ0n) is 18.0. The molecule has 2 heterocycles. The summed E-state index contributed by atoms with van der Waals surface area (Å²) in [7, 11) is 3.16. The van der Waals surface area contributed by atoms with Crippen molar-refractivity contribution < 1.29 is 14.3 Å². The number of ether oxygens (including phenoxy) is 2. The van der Waals surface area contributed by atoms with Gasteiger partial charge in [-0.15, -0.1) is 0 Å². The Morgan fingerprint density at radius 3 is 2.13 bits per heavy atom. The number of aryl methyl sites for hydroxylation is 1. The minimum atomic E-state index is -0.0271. The van der Waals surface area contributed by atoms with Crippen LogP contribution >= 0.6 is 0 Å². The fourth-order valence-corrected chi connectivity index (χ4v) is 3.72. The van der Waals surface area contributed by atoms with Crippen LogP contribution in [0.3, 0.4) is 0 Å². The van der Waals surface area contributed by atoms with Gasteiger partial charge in [-0.2, -0.15) is 0 Å². The van der Waals surface area contributed by atoms with Crippen LogP contribution in [0.5, 0.6) is 11.5 Å². The lowest BCUT2D eigenvalue weighted by Crippen LogP contribution is -2.49. The minimum Gasteiger partial charge on any atom is -0.497 e. The predicted molar refractivity (Wildman–Crippen MR) is 120 cm³/mol. The Kier molecular flexibility index (Phi) is 6.02. The van der Waals surface area contributed by atoms with Crippen molar-refractivity contribution in [3.63, 3.8) is 0 Å². The van der Waals surface area contributed by atoms with E-state index in [4.69, 9.17) is 9.47 Å². The third-order valence-electron chi connectivity index (χ3n) is 5.38. The Bertz CT molecular complexity index is 1040. The van der Waals surface area contributed by atoms with E-state index in [1.807, 2.05) is 48.2 Å². The number of anilines is 1. The normalized spacial score (nSPS) is 13.8. The van der Waals surface area contributed by atoms with E-state index in [1.165, 1.54) is 0 Å². The van der Waals surface area contributed by atoms with Gasteiger partial charge in [-0.3, -0.25) is 4.79 Å². The maximum Gasteiger partial charge on any atom is 0.254 e. The molecule has 1 aliphatic heterocycles. The number of carbonyl (C=O) groups is 1. The summed E-state index contributed by atoms with van der Waals surface area (Å²) < 4.78 is 10.6. The average Bonchev–Trinajstić information content (AvgIpc) is 2.83. The summed E-state index contributed by atoms with van der Waals surface area (Å²) in [5, 5.41) is 0. The minimum absolute atomic E-state index is 0.0271. The highest BCUT2D eigenvalue weighted by atomic mass is 16.5. The molecule has 0 N–H and O–H groups in total. The van der Waals surface area contributed by atoms with Gasteiger partial charge in [0.2, 0.25) is 0 Å². The number of hydrogen-bond donors (Lipinski definition) is 0. The predicted octanol–water partition coefficient (Wildman–Crippen LogP) is 3.43. The molecule has 0 bridgehead atoms. The molecule has 160 valence electrons. The van der Waals surface area contributed by atoms with Crippen molar-refractivity contribution in [1.29, 1.82) is 0 Å². The lowest BCUT2D eigenvalue weighted by Gasteiger charge is -2.35. The first kappa shape index (κ1) is 20.7. The first-order chi connectivity index (χ1) is 15.1. The smallest absolute Gasteiger partial charge is 0.254 e. The third kappa shape index (κ3) is 4.60. The Hall–Kier alpha value is -3.61. The summed E-state index contributed by atoms with van der Waals surface area (Å²) in [5.41, 5.74) is 2.54. The molecule has 2 aromatic carbocycles. The summed E-state index contributed by atoms with van der Waals surface area (Å²) >= 11 is 0. The summed E-state index contributed by atoms with van der Waals surface area (Å²) in [6.07, 6.45) is 0. The second-order valence-electron chi connectivity index (χ2n) is 7.41. The van der Waals surface area contributed by atoms with Gasteiger partial charge in [0.05, 0.1) is 19.9 Å². The van der Waals surface area contributed by atoms with Gasteiger partial charge in [0.25, 0.3) is 5.91 Å². The fourth-order valence-electron chi connectivity index (χ4n) is 3.72. The number of hydrogen-bond acceptors (Lipinski definition) is 6. The van der Waals surface area contributed by atoms with Crippen LogP contribution in [0.25, 0.3) is 11.3 Å². The van der Waals surface area contributed by atoms with E-state index in [2.05, 4.69) is 14.9 Å². The van der Waals surface area contributed by atoms with Crippen LogP contribution in [0.4, 0.5) is 5.82 Å². The average molecular weight is 418 g/mol. The van der Waals surface area contributed by atoms with Gasteiger partial charge >= 0.3 is 0 Å². The first-order valence-electron chi connectivity index (χ1n) is 10.3. The van der Waals surface area contributed by atoms with Crippen molar-refractivity contribution in [3.8, 4) is 22.8 Å². The van der Waals surface area contributed by atoms with E-state index in [9.17, 15) is 4.79 Å². The molecule has 1 saturated heterocycles. The molecule has 4 rings (SSSR count). The molecule has 1 amide bonds. The Labute approximate surface area is 182 Å². The van der Waals surface area contributed by atoms with Gasteiger partial charge in [0.15, 0.2) is 0 Å². The fraction of sp³-hybridized carbons (Fsp3) is 0.292. The second-order valence-corrected chi connectivity index (χ2v) is 7.41. The highest BCUT2D eigenvalue weighted by Crippen LogP contribution is 2.25. The molecular formula is C24H26N4O3. The standard InChI is InChI=1S/C24H26N4O3/c1-17-25-22(18-7-5-4-6-8-18)16-23(26-17)27-9-11-28(12-10-27)24(29)19-13-20(30-2)15-21(14-19)31-3/h4-8,13-16H,9-12H2,1-3H3. The second kappa shape index (κ2) is 9.04. The highest BCUT2D eigenvalue weighted by Gasteiger charge is 2.24. The first-order valence-corrected chi connectivity index (χ1v) is 10.3. The molecule has 0 atom stereocenters. The van der Waals surface area contributed by atoms with Crippen LogP contribution in [-0.4, -0.2) is 61.2 Å². The number of nitrogens with zero attached hydrogens (tertiary/aromatic N) is 4. The number of carbonyl (C=O) groups excluding carboxylic acids is 1.